The highest BCUT2D eigenvalue weighted by Crippen LogP contribution is 2.13. The van der Waals surface area contributed by atoms with Gasteiger partial charge in [0.1, 0.15) is 0 Å². The summed E-state index contributed by atoms with van der Waals surface area (Å²) in [5.74, 6) is -0.680. The lowest BCUT2D eigenvalue weighted by Crippen LogP contribution is -2.48. The molecular formula is C18H27ClN2O3. The second kappa shape index (κ2) is 10.3. The van der Waals surface area contributed by atoms with Crippen molar-refractivity contribution < 1.29 is 14.3 Å². The molecule has 1 amide bonds. The van der Waals surface area contributed by atoms with Crippen LogP contribution in [-0.4, -0.2) is 38.1 Å². The Morgan fingerprint density at radius 3 is 2.79 bits per heavy atom. The minimum absolute atomic E-state index is 0. The molecule has 0 bridgehead atoms. The van der Waals surface area contributed by atoms with Crippen LogP contribution in [0.3, 0.4) is 0 Å². The number of hydrogen-bond donors (Lipinski definition) is 2. The van der Waals surface area contributed by atoms with Crippen molar-refractivity contribution in [2.75, 3.05) is 20.2 Å². The van der Waals surface area contributed by atoms with Gasteiger partial charge in [-0.15, -0.1) is 12.4 Å². The Bertz CT molecular complexity index is 545. The van der Waals surface area contributed by atoms with Gasteiger partial charge in [-0.3, -0.25) is 9.59 Å². The number of hydrogen-bond acceptors (Lipinski definition) is 4. The normalized spacial score (nSPS) is 18.2. The second-order valence-corrected chi connectivity index (χ2v) is 6.16. The Labute approximate surface area is 149 Å². The van der Waals surface area contributed by atoms with Crippen LogP contribution in [0, 0.1) is 12.8 Å². The molecule has 2 unspecified atom stereocenters. The van der Waals surface area contributed by atoms with E-state index in [-0.39, 0.29) is 36.2 Å². The number of amides is 1. The SMILES string of the molecule is COC(=O)C(CNC(=O)C1CCCCN1)Cc1cccc(C)c1.Cl. The lowest BCUT2D eigenvalue weighted by molar-refractivity contribution is -0.145. The summed E-state index contributed by atoms with van der Waals surface area (Å²) in [5.41, 5.74) is 2.23. The van der Waals surface area contributed by atoms with Gasteiger partial charge in [0.15, 0.2) is 0 Å². The van der Waals surface area contributed by atoms with Gasteiger partial charge in [0.05, 0.1) is 19.1 Å². The maximum Gasteiger partial charge on any atom is 0.310 e. The average Bonchev–Trinajstić information content (AvgIpc) is 2.58. The topological polar surface area (TPSA) is 67.4 Å². The fourth-order valence-electron chi connectivity index (χ4n) is 2.95. The van der Waals surface area contributed by atoms with Crippen molar-refractivity contribution in [2.24, 2.45) is 5.92 Å². The van der Waals surface area contributed by atoms with E-state index < -0.39 is 0 Å². The Kier molecular flexibility index (Phi) is 8.79. The average molecular weight is 355 g/mol. The van der Waals surface area contributed by atoms with Crippen molar-refractivity contribution in [3.05, 3.63) is 35.4 Å². The lowest BCUT2D eigenvalue weighted by atomic mass is 9.97. The smallest absolute Gasteiger partial charge is 0.310 e. The molecule has 2 N–H and O–H groups in total. The van der Waals surface area contributed by atoms with Crippen LogP contribution in [0.4, 0.5) is 0 Å². The van der Waals surface area contributed by atoms with Crippen molar-refractivity contribution in [1.29, 1.82) is 0 Å². The van der Waals surface area contributed by atoms with Gasteiger partial charge >= 0.3 is 5.97 Å². The van der Waals surface area contributed by atoms with Crippen LogP contribution in [0.2, 0.25) is 0 Å². The predicted octanol–water partition coefficient (Wildman–Crippen LogP) is 2.01. The van der Waals surface area contributed by atoms with E-state index in [4.69, 9.17) is 4.74 Å². The number of esters is 1. The molecular weight excluding hydrogens is 328 g/mol. The van der Waals surface area contributed by atoms with Gasteiger partial charge in [-0.1, -0.05) is 36.2 Å². The van der Waals surface area contributed by atoms with Crippen molar-refractivity contribution in [3.63, 3.8) is 0 Å². The number of benzene rings is 1. The third-order valence-corrected chi connectivity index (χ3v) is 4.25. The molecule has 1 heterocycles. The second-order valence-electron chi connectivity index (χ2n) is 6.16. The molecule has 6 heteroatoms. The molecule has 0 radical (unpaired) electrons. The molecule has 1 saturated heterocycles. The van der Waals surface area contributed by atoms with E-state index in [9.17, 15) is 9.59 Å². The van der Waals surface area contributed by atoms with Crippen LogP contribution in [0.15, 0.2) is 24.3 Å². The summed E-state index contributed by atoms with van der Waals surface area (Å²) in [4.78, 5) is 24.2. The minimum atomic E-state index is -0.366. The molecule has 1 aromatic carbocycles. The third-order valence-electron chi connectivity index (χ3n) is 4.25. The largest absolute Gasteiger partial charge is 0.469 e. The molecule has 0 aliphatic carbocycles. The number of ether oxygens (including phenoxy) is 1. The van der Waals surface area contributed by atoms with E-state index in [1.165, 1.54) is 7.11 Å². The molecule has 24 heavy (non-hydrogen) atoms. The summed E-state index contributed by atoms with van der Waals surface area (Å²) in [6, 6.07) is 7.91. The number of carbonyl (C=O) groups excluding carboxylic acids is 2. The molecule has 0 aromatic heterocycles. The molecule has 1 aromatic rings. The Morgan fingerprint density at radius 1 is 1.38 bits per heavy atom. The highest BCUT2D eigenvalue weighted by Gasteiger charge is 2.24. The van der Waals surface area contributed by atoms with E-state index in [0.717, 1.165) is 36.9 Å². The van der Waals surface area contributed by atoms with Crippen LogP contribution in [0.1, 0.15) is 30.4 Å². The Morgan fingerprint density at radius 2 is 2.17 bits per heavy atom. The highest BCUT2D eigenvalue weighted by atomic mass is 35.5. The molecule has 1 aliphatic rings. The minimum Gasteiger partial charge on any atom is -0.469 e. The fourth-order valence-corrected chi connectivity index (χ4v) is 2.95. The summed E-state index contributed by atoms with van der Waals surface area (Å²) in [5, 5.41) is 6.12. The quantitative estimate of drug-likeness (QED) is 0.767. The molecule has 1 fully saturated rings. The molecule has 2 rings (SSSR count). The number of methoxy groups -OCH3 is 1. The summed E-state index contributed by atoms with van der Waals surface area (Å²) in [7, 11) is 1.39. The zero-order chi connectivity index (χ0) is 16.7. The number of aryl methyl sites for hydroxylation is 1. The zero-order valence-corrected chi connectivity index (χ0v) is 15.2. The van der Waals surface area contributed by atoms with Crippen molar-refractivity contribution in [3.8, 4) is 0 Å². The van der Waals surface area contributed by atoms with Crippen molar-refractivity contribution in [2.45, 2.75) is 38.6 Å². The van der Waals surface area contributed by atoms with Gasteiger partial charge in [-0.05, 0) is 38.3 Å². The number of carbonyl (C=O) groups is 2. The molecule has 0 spiro atoms. The van der Waals surface area contributed by atoms with Crippen LogP contribution in [0.5, 0.6) is 0 Å². The first kappa shape index (κ1) is 20.5. The summed E-state index contributed by atoms with van der Waals surface area (Å²) in [6.07, 6.45) is 3.59. The standard InChI is InChI=1S/C18H26N2O3.ClH/c1-13-6-5-7-14(10-13)11-15(18(22)23-2)12-20-17(21)16-8-3-4-9-19-16;/h5-7,10,15-16,19H,3-4,8-9,11-12H2,1-2H3,(H,20,21);1H. The molecule has 2 atom stereocenters. The first-order valence-electron chi connectivity index (χ1n) is 8.24. The monoisotopic (exact) mass is 354 g/mol. The highest BCUT2D eigenvalue weighted by molar-refractivity contribution is 5.85. The molecule has 0 saturated carbocycles. The summed E-state index contributed by atoms with van der Waals surface area (Å²) >= 11 is 0. The summed E-state index contributed by atoms with van der Waals surface area (Å²) < 4.78 is 4.89. The van der Waals surface area contributed by atoms with E-state index in [1.54, 1.807) is 0 Å². The van der Waals surface area contributed by atoms with Crippen LogP contribution in [-0.2, 0) is 20.7 Å². The van der Waals surface area contributed by atoms with Gasteiger partial charge in [0.2, 0.25) is 5.91 Å². The maximum atomic E-state index is 12.2. The van der Waals surface area contributed by atoms with Gasteiger partial charge in [0, 0.05) is 6.54 Å². The first-order chi connectivity index (χ1) is 11.1. The number of rotatable bonds is 6. The first-order valence-corrected chi connectivity index (χ1v) is 8.24. The van der Waals surface area contributed by atoms with Gasteiger partial charge < -0.3 is 15.4 Å². The van der Waals surface area contributed by atoms with Crippen LogP contribution >= 0.6 is 12.4 Å². The van der Waals surface area contributed by atoms with Crippen molar-refractivity contribution in [1.82, 2.24) is 10.6 Å². The molecule has 1 aliphatic heterocycles. The zero-order valence-electron chi connectivity index (χ0n) is 14.3. The van der Waals surface area contributed by atoms with E-state index in [1.807, 2.05) is 25.1 Å². The third kappa shape index (κ3) is 6.13. The van der Waals surface area contributed by atoms with E-state index in [2.05, 4.69) is 16.7 Å². The van der Waals surface area contributed by atoms with Gasteiger partial charge in [-0.2, -0.15) is 0 Å². The Hall–Kier alpha value is -1.59. The van der Waals surface area contributed by atoms with Crippen LogP contribution in [0.25, 0.3) is 0 Å². The Balaban J connectivity index is 0.00000288. The molecule has 134 valence electrons. The van der Waals surface area contributed by atoms with Crippen LogP contribution < -0.4 is 10.6 Å². The number of piperidine rings is 1. The predicted molar refractivity (Wildman–Crippen MR) is 96.3 cm³/mol. The lowest BCUT2D eigenvalue weighted by Gasteiger charge is -2.23. The number of nitrogens with one attached hydrogen (secondary N) is 2. The van der Waals surface area contributed by atoms with E-state index >= 15 is 0 Å². The molecule has 5 nitrogen and oxygen atoms in total. The maximum absolute atomic E-state index is 12.2. The summed E-state index contributed by atoms with van der Waals surface area (Å²) in [6.45, 7) is 3.20. The fraction of sp³-hybridized carbons (Fsp3) is 0.556. The van der Waals surface area contributed by atoms with Gasteiger partial charge in [0.25, 0.3) is 0 Å². The van der Waals surface area contributed by atoms with E-state index in [0.29, 0.717) is 13.0 Å². The van der Waals surface area contributed by atoms with Crippen molar-refractivity contribution >= 4 is 24.3 Å². The number of halogens is 1. The van der Waals surface area contributed by atoms with Gasteiger partial charge in [-0.25, -0.2) is 0 Å².